The summed E-state index contributed by atoms with van der Waals surface area (Å²) in [7, 11) is 0. The minimum Gasteiger partial charge on any atom is -0.360 e. The number of carbonyl (C=O) groups excluding carboxylic acids is 2. The zero-order valence-electron chi connectivity index (χ0n) is 17.7. The number of nitrogens with one attached hydrogen (secondary N) is 2. The molecule has 8 nitrogen and oxygen atoms in total. The summed E-state index contributed by atoms with van der Waals surface area (Å²) in [6.07, 6.45) is 1.93. The van der Waals surface area contributed by atoms with E-state index in [1.165, 1.54) is 16.7 Å². The fourth-order valence-electron chi connectivity index (χ4n) is 3.89. The smallest absolute Gasteiger partial charge is 0.324 e. The number of thioether (sulfide) groups is 1. The van der Waals surface area contributed by atoms with Gasteiger partial charge in [0.1, 0.15) is 0 Å². The minimum absolute atomic E-state index is 0.238. The average molecular weight is 447 g/mol. The van der Waals surface area contributed by atoms with E-state index in [4.69, 9.17) is 0 Å². The van der Waals surface area contributed by atoms with Gasteiger partial charge in [0.2, 0.25) is 5.91 Å². The van der Waals surface area contributed by atoms with E-state index in [1.54, 1.807) is 6.92 Å². The Balaban J connectivity index is 1.57. The molecule has 1 fully saturated rings. The monoisotopic (exact) mass is 446 g/mol. The average Bonchev–Trinajstić information content (AvgIpc) is 3.51. The van der Waals surface area contributed by atoms with Crippen LogP contribution in [0, 0.1) is 6.92 Å². The first-order chi connectivity index (χ1) is 15.5. The topological polar surface area (TPSA) is 95.9 Å². The summed E-state index contributed by atoms with van der Waals surface area (Å²) in [6.45, 7) is 4.68. The fourth-order valence-corrected chi connectivity index (χ4v) is 4.82. The molecule has 32 heavy (non-hydrogen) atoms. The molecule has 2 N–H and O–H groups in total. The van der Waals surface area contributed by atoms with Crippen LogP contribution >= 0.6 is 11.8 Å². The minimum atomic E-state index is -0.498. The number of aromatic amines is 1. The highest BCUT2D eigenvalue weighted by Gasteiger charge is 2.31. The van der Waals surface area contributed by atoms with Gasteiger partial charge in [-0.25, -0.2) is 4.79 Å². The Morgan fingerprint density at radius 3 is 2.78 bits per heavy atom. The molecule has 5 rings (SSSR count). The van der Waals surface area contributed by atoms with Crippen LogP contribution in [0.15, 0.2) is 59.9 Å². The first kappa shape index (κ1) is 20.3. The first-order valence-electron chi connectivity index (χ1n) is 10.4. The van der Waals surface area contributed by atoms with Crippen LogP contribution < -0.4 is 5.32 Å². The summed E-state index contributed by atoms with van der Waals surface area (Å²) in [5.74, 6) is 0.451. The maximum Gasteiger partial charge on any atom is 0.324 e. The highest BCUT2D eigenvalue weighted by molar-refractivity contribution is 8.00. The Morgan fingerprint density at radius 2 is 2.00 bits per heavy atom. The molecule has 0 saturated carbocycles. The lowest BCUT2D eigenvalue weighted by Crippen LogP contribution is -2.39. The summed E-state index contributed by atoms with van der Waals surface area (Å²) in [6, 6.07) is 15.8. The second-order valence-electron chi connectivity index (χ2n) is 7.71. The lowest BCUT2D eigenvalue weighted by Gasteiger charge is -2.18. The van der Waals surface area contributed by atoms with Crippen molar-refractivity contribution in [1.29, 1.82) is 0 Å². The maximum atomic E-state index is 12.9. The number of aromatic nitrogens is 4. The van der Waals surface area contributed by atoms with Gasteiger partial charge in [-0.15, -0.1) is 10.2 Å². The van der Waals surface area contributed by atoms with Crippen molar-refractivity contribution in [1.82, 2.24) is 30.0 Å². The molecular weight excluding hydrogens is 424 g/mol. The van der Waals surface area contributed by atoms with Gasteiger partial charge in [-0.1, -0.05) is 42.1 Å². The van der Waals surface area contributed by atoms with Gasteiger partial charge in [0.05, 0.1) is 5.25 Å². The van der Waals surface area contributed by atoms with E-state index in [2.05, 4.69) is 26.6 Å². The Labute approximate surface area is 189 Å². The Bertz CT molecular complexity index is 1330. The van der Waals surface area contributed by atoms with Crippen LogP contribution in [0.2, 0.25) is 0 Å². The number of nitrogens with zero attached hydrogens (tertiary/aromatic N) is 4. The van der Waals surface area contributed by atoms with Crippen LogP contribution in [0.25, 0.3) is 28.0 Å². The van der Waals surface area contributed by atoms with Crippen molar-refractivity contribution in [2.45, 2.75) is 24.3 Å². The summed E-state index contributed by atoms with van der Waals surface area (Å²) >= 11 is 1.30. The third-order valence-electron chi connectivity index (χ3n) is 5.48. The first-order valence-corrected chi connectivity index (χ1v) is 11.3. The number of imide groups is 1. The van der Waals surface area contributed by atoms with Gasteiger partial charge in [-0.2, -0.15) is 0 Å². The number of urea groups is 1. The lowest BCUT2D eigenvalue weighted by atomic mass is 10.1. The van der Waals surface area contributed by atoms with Crippen molar-refractivity contribution in [3.8, 4) is 17.1 Å². The molecule has 1 aliphatic heterocycles. The number of amides is 3. The molecule has 1 saturated heterocycles. The van der Waals surface area contributed by atoms with Crippen LogP contribution in [0.5, 0.6) is 0 Å². The van der Waals surface area contributed by atoms with Crippen molar-refractivity contribution in [2.75, 3.05) is 13.1 Å². The van der Waals surface area contributed by atoms with Crippen LogP contribution in [0.3, 0.4) is 0 Å². The van der Waals surface area contributed by atoms with E-state index < -0.39 is 5.25 Å². The molecule has 4 aromatic rings. The van der Waals surface area contributed by atoms with Gasteiger partial charge in [-0.3, -0.25) is 14.3 Å². The number of aryl methyl sites for hydroxylation is 1. The molecule has 2 aromatic carbocycles. The SMILES string of the molecule is Cc1cccc(-n2c(SC(C)C(=O)N3CCNC3=O)nnc2-c2c[nH]c3ccccc23)c1. The zero-order valence-corrected chi connectivity index (χ0v) is 18.5. The molecule has 0 spiro atoms. The van der Waals surface area contributed by atoms with Gasteiger partial charge >= 0.3 is 6.03 Å². The Hall–Kier alpha value is -3.59. The number of rotatable bonds is 5. The van der Waals surface area contributed by atoms with Crippen molar-refractivity contribution in [3.05, 3.63) is 60.3 Å². The normalized spacial score (nSPS) is 14.7. The summed E-state index contributed by atoms with van der Waals surface area (Å²) < 4.78 is 1.97. The second-order valence-corrected chi connectivity index (χ2v) is 9.02. The molecule has 1 unspecified atom stereocenters. The third-order valence-corrected chi connectivity index (χ3v) is 6.51. The van der Waals surface area contributed by atoms with Gasteiger partial charge in [0.25, 0.3) is 0 Å². The number of H-pyrrole nitrogens is 1. The Kier molecular flexibility index (Phi) is 5.18. The Morgan fingerprint density at radius 1 is 1.16 bits per heavy atom. The van der Waals surface area contributed by atoms with Crippen molar-refractivity contribution in [2.24, 2.45) is 0 Å². The molecule has 0 aliphatic carbocycles. The van der Waals surface area contributed by atoms with Crippen LogP contribution in [-0.2, 0) is 4.79 Å². The number of hydrogen-bond donors (Lipinski definition) is 2. The van der Waals surface area contributed by atoms with E-state index in [-0.39, 0.29) is 11.9 Å². The van der Waals surface area contributed by atoms with Gasteiger partial charge in [0.15, 0.2) is 11.0 Å². The number of benzene rings is 2. The summed E-state index contributed by atoms with van der Waals surface area (Å²) in [5, 5.41) is 12.8. The molecule has 0 radical (unpaired) electrons. The lowest BCUT2D eigenvalue weighted by molar-refractivity contribution is -0.126. The molecular formula is C23H22N6O2S. The highest BCUT2D eigenvalue weighted by Crippen LogP contribution is 2.34. The zero-order chi connectivity index (χ0) is 22.2. The number of fused-ring (bicyclic) bond motifs is 1. The van der Waals surface area contributed by atoms with E-state index in [9.17, 15) is 9.59 Å². The van der Waals surface area contributed by atoms with E-state index >= 15 is 0 Å². The number of carbonyl (C=O) groups is 2. The standard InChI is InChI=1S/C23H22N6O2S/c1-14-6-5-7-16(12-14)29-20(18-13-25-19-9-4-3-8-17(18)19)26-27-23(29)32-15(2)21(30)28-11-10-24-22(28)31/h3-9,12-13,15,25H,10-11H2,1-2H3,(H,24,31). The third kappa shape index (κ3) is 3.54. The molecule has 1 atom stereocenters. The predicted molar refractivity (Wildman–Crippen MR) is 124 cm³/mol. The molecule has 162 valence electrons. The van der Waals surface area contributed by atoms with Gasteiger partial charge in [0, 0.05) is 41.4 Å². The van der Waals surface area contributed by atoms with E-state index in [0.29, 0.717) is 24.1 Å². The summed E-state index contributed by atoms with van der Waals surface area (Å²) in [5.41, 5.74) is 3.96. The van der Waals surface area contributed by atoms with Crippen LogP contribution in [-0.4, -0.2) is 54.9 Å². The molecule has 1 aliphatic rings. The largest absolute Gasteiger partial charge is 0.360 e. The number of para-hydroxylation sites is 1. The highest BCUT2D eigenvalue weighted by atomic mass is 32.2. The summed E-state index contributed by atoms with van der Waals surface area (Å²) in [4.78, 5) is 29.3. The maximum absolute atomic E-state index is 12.9. The number of hydrogen-bond acceptors (Lipinski definition) is 5. The van der Waals surface area contributed by atoms with Crippen molar-refractivity contribution in [3.63, 3.8) is 0 Å². The second kappa shape index (κ2) is 8.16. The van der Waals surface area contributed by atoms with E-state index in [0.717, 1.165) is 27.7 Å². The molecule has 9 heteroatoms. The van der Waals surface area contributed by atoms with Crippen LogP contribution in [0.1, 0.15) is 12.5 Å². The van der Waals surface area contributed by atoms with Crippen LogP contribution in [0.4, 0.5) is 4.79 Å². The van der Waals surface area contributed by atoms with Crippen molar-refractivity contribution >= 4 is 34.6 Å². The predicted octanol–water partition coefficient (Wildman–Crippen LogP) is 3.76. The fraction of sp³-hybridized carbons (Fsp3) is 0.217. The molecule has 3 heterocycles. The van der Waals surface area contributed by atoms with E-state index in [1.807, 2.05) is 60.2 Å². The van der Waals surface area contributed by atoms with Gasteiger partial charge in [-0.05, 0) is 37.6 Å². The molecule has 3 amide bonds. The molecule has 2 aromatic heterocycles. The molecule has 0 bridgehead atoms. The van der Waals surface area contributed by atoms with Gasteiger partial charge < -0.3 is 10.3 Å². The van der Waals surface area contributed by atoms with Crippen molar-refractivity contribution < 1.29 is 9.59 Å². The quantitative estimate of drug-likeness (QED) is 0.455.